The second kappa shape index (κ2) is 9.20. The van der Waals surface area contributed by atoms with E-state index in [1.165, 1.54) is 0 Å². The molecule has 0 unspecified atom stereocenters. The lowest BCUT2D eigenvalue weighted by atomic mass is 9.94. The molecule has 2 N–H and O–H groups in total. The number of aliphatic hydroxyl groups excluding tert-OH is 2. The predicted octanol–water partition coefficient (Wildman–Crippen LogP) is 1.57. The van der Waals surface area contributed by atoms with Crippen molar-refractivity contribution < 1.29 is 43.5 Å². The van der Waals surface area contributed by atoms with Crippen LogP contribution in [0, 0.1) is 16.2 Å². The van der Waals surface area contributed by atoms with Crippen molar-refractivity contribution in [1.82, 2.24) is 0 Å². The molecule has 0 aromatic heterocycles. The number of esters is 3. The highest BCUT2D eigenvalue weighted by Gasteiger charge is 2.51. The molecule has 0 bridgehead atoms. The number of hydrogen-bond donors (Lipinski definition) is 2. The van der Waals surface area contributed by atoms with Gasteiger partial charge in [0.05, 0.1) is 16.2 Å². The first kappa shape index (κ1) is 26.3. The van der Waals surface area contributed by atoms with Gasteiger partial charge in [0.15, 0.2) is 18.5 Å². The molecule has 1 aliphatic rings. The zero-order valence-electron chi connectivity index (χ0n) is 19.3. The van der Waals surface area contributed by atoms with E-state index in [1.54, 1.807) is 62.3 Å². The van der Waals surface area contributed by atoms with Gasteiger partial charge in [0.25, 0.3) is 0 Å². The summed E-state index contributed by atoms with van der Waals surface area (Å²) in [5.74, 6) is -1.83. The molecule has 0 amide bonds. The summed E-state index contributed by atoms with van der Waals surface area (Å²) < 4.78 is 21.6. The van der Waals surface area contributed by atoms with Crippen LogP contribution in [-0.2, 0) is 33.3 Å². The fourth-order valence-corrected chi connectivity index (χ4v) is 2.29. The molecule has 9 heteroatoms. The first-order valence-electron chi connectivity index (χ1n) is 9.96. The molecule has 0 saturated carbocycles. The van der Waals surface area contributed by atoms with E-state index in [0.29, 0.717) is 0 Å². The smallest absolute Gasteiger partial charge is 0.311 e. The maximum absolute atomic E-state index is 12.5. The zero-order valence-corrected chi connectivity index (χ0v) is 19.3. The maximum atomic E-state index is 12.5. The Balaban J connectivity index is 3.20. The minimum atomic E-state index is -1.73. The van der Waals surface area contributed by atoms with Crippen LogP contribution in [0.1, 0.15) is 62.3 Å². The van der Waals surface area contributed by atoms with Gasteiger partial charge in [-0.2, -0.15) is 0 Å². The van der Waals surface area contributed by atoms with Gasteiger partial charge >= 0.3 is 17.9 Å². The number of rotatable bonds is 4. The summed E-state index contributed by atoms with van der Waals surface area (Å²) in [4.78, 5) is 37.1. The third-order valence-corrected chi connectivity index (χ3v) is 4.34. The molecule has 30 heavy (non-hydrogen) atoms. The van der Waals surface area contributed by atoms with E-state index in [-0.39, 0.29) is 6.61 Å². The largest absolute Gasteiger partial charge is 0.462 e. The summed E-state index contributed by atoms with van der Waals surface area (Å²) in [6.45, 7) is 14.4. The van der Waals surface area contributed by atoms with Crippen molar-refractivity contribution in [3.05, 3.63) is 0 Å². The van der Waals surface area contributed by atoms with Crippen LogP contribution < -0.4 is 0 Å². The Kier molecular flexibility index (Phi) is 8.07. The lowest BCUT2D eigenvalue weighted by Gasteiger charge is -2.43. The molecule has 174 valence electrons. The number of hydrogen-bond acceptors (Lipinski definition) is 9. The summed E-state index contributed by atoms with van der Waals surface area (Å²) in [5.41, 5.74) is -2.59. The lowest BCUT2D eigenvalue weighted by molar-refractivity contribution is -0.296. The second-order valence-electron chi connectivity index (χ2n) is 10.6. The van der Waals surface area contributed by atoms with Gasteiger partial charge < -0.3 is 29.2 Å². The van der Waals surface area contributed by atoms with E-state index in [9.17, 15) is 24.6 Å². The molecule has 0 aromatic carbocycles. The van der Waals surface area contributed by atoms with Gasteiger partial charge in [-0.25, -0.2) is 0 Å². The van der Waals surface area contributed by atoms with Crippen molar-refractivity contribution in [2.24, 2.45) is 16.2 Å². The molecule has 0 radical (unpaired) electrons. The standard InChI is InChI=1S/C21H36O9/c1-19(2,3)16(24)27-10-11-13(29-17(25)20(4,5)6)14(12(22)15(23)28-11)30-18(26)21(7,8)9/h11-15,22-23H,10H2,1-9H3/t11-,12-,13-,14-,15+/m1/s1. The highest BCUT2D eigenvalue weighted by Crippen LogP contribution is 2.30. The van der Waals surface area contributed by atoms with Crippen LogP contribution >= 0.6 is 0 Å². The Bertz CT molecular complexity index is 636. The average Bonchev–Trinajstić information content (AvgIpc) is 2.56. The number of ether oxygens (including phenoxy) is 4. The Labute approximate surface area is 178 Å². The molecule has 1 aliphatic heterocycles. The van der Waals surface area contributed by atoms with E-state index in [1.807, 2.05) is 0 Å². The van der Waals surface area contributed by atoms with Gasteiger partial charge in [-0.3, -0.25) is 14.4 Å². The first-order valence-corrected chi connectivity index (χ1v) is 9.96. The third kappa shape index (κ3) is 6.92. The highest BCUT2D eigenvalue weighted by molar-refractivity contribution is 5.77. The summed E-state index contributed by atoms with van der Waals surface area (Å²) in [6, 6.07) is 0. The Morgan fingerprint density at radius 2 is 1.13 bits per heavy atom. The highest BCUT2D eigenvalue weighted by atomic mass is 16.7. The van der Waals surface area contributed by atoms with Crippen LogP contribution in [0.2, 0.25) is 0 Å². The monoisotopic (exact) mass is 432 g/mol. The molecule has 0 spiro atoms. The van der Waals surface area contributed by atoms with E-state index in [0.717, 1.165) is 0 Å². The van der Waals surface area contributed by atoms with Crippen LogP contribution in [0.25, 0.3) is 0 Å². The van der Waals surface area contributed by atoms with Gasteiger partial charge in [-0.1, -0.05) is 0 Å². The molecule has 1 saturated heterocycles. The van der Waals surface area contributed by atoms with Crippen LogP contribution in [-0.4, -0.2) is 65.4 Å². The van der Waals surface area contributed by atoms with Crippen LogP contribution in [0.4, 0.5) is 0 Å². The predicted molar refractivity (Wildman–Crippen MR) is 106 cm³/mol. The Morgan fingerprint density at radius 3 is 1.53 bits per heavy atom. The quantitative estimate of drug-likeness (QED) is 0.502. The summed E-state index contributed by atoms with van der Waals surface area (Å²) in [7, 11) is 0. The summed E-state index contributed by atoms with van der Waals surface area (Å²) in [5, 5.41) is 20.5. The lowest BCUT2D eigenvalue weighted by Crippen LogP contribution is -2.62. The average molecular weight is 433 g/mol. The minimum Gasteiger partial charge on any atom is -0.462 e. The molecular formula is C21H36O9. The Hall–Kier alpha value is -1.71. The van der Waals surface area contributed by atoms with Gasteiger partial charge in [-0.05, 0) is 62.3 Å². The molecule has 1 heterocycles. The van der Waals surface area contributed by atoms with Crippen LogP contribution in [0.3, 0.4) is 0 Å². The minimum absolute atomic E-state index is 0.370. The van der Waals surface area contributed by atoms with E-state index >= 15 is 0 Å². The van der Waals surface area contributed by atoms with Gasteiger partial charge in [0.1, 0.15) is 18.8 Å². The molecule has 5 atom stereocenters. The molecule has 1 fully saturated rings. The third-order valence-electron chi connectivity index (χ3n) is 4.34. The number of aliphatic hydroxyl groups is 2. The number of carbonyl (C=O) groups excluding carboxylic acids is 3. The SMILES string of the molecule is CC(C)(C)C(=O)OC[C@H]1O[C@H](O)[C@H](O)[C@@H](OC(=O)C(C)(C)C)[C@@H]1OC(=O)C(C)(C)C. The topological polar surface area (TPSA) is 129 Å². The van der Waals surface area contributed by atoms with Crippen molar-refractivity contribution in [1.29, 1.82) is 0 Å². The van der Waals surface area contributed by atoms with Crippen molar-refractivity contribution >= 4 is 17.9 Å². The Morgan fingerprint density at radius 1 is 0.733 bits per heavy atom. The molecular weight excluding hydrogens is 396 g/mol. The van der Waals surface area contributed by atoms with Crippen molar-refractivity contribution in [2.45, 2.75) is 93.0 Å². The summed E-state index contributed by atoms with van der Waals surface area (Å²) in [6.07, 6.45) is -7.26. The van der Waals surface area contributed by atoms with Crippen molar-refractivity contribution in [2.75, 3.05) is 6.61 Å². The van der Waals surface area contributed by atoms with E-state index in [2.05, 4.69) is 0 Å². The van der Waals surface area contributed by atoms with Gasteiger partial charge in [-0.15, -0.1) is 0 Å². The zero-order chi connectivity index (χ0) is 23.7. The fraction of sp³-hybridized carbons (Fsp3) is 0.857. The van der Waals surface area contributed by atoms with Gasteiger partial charge in [0.2, 0.25) is 0 Å². The molecule has 9 nitrogen and oxygen atoms in total. The van der Waals surface area contributed by atoms with Crippen molar-refractivity contribution in [3.8, 4) is 0 Å². The molecule has 0 aliphatic carbocycles. The maximum Gasteiger partial charge on any atom is 0.311 e. The number of carbonyl (C=O) groups is 3. The molecule has 1 rings (SSSR count). The van der Waals surface area contributed by atoms with Crippen LogP contribution in [0.15, 0.2) is 0 Å². The van der Waals surface area contributed by atoms with E-state index < -0.39 is 64.9 Å². The van der Waals surface area contributed by atoms with Gasteiger partial charge in [0, 0.05) is 0 Å². The van der Waals surface area contributed by atoms with E-state index in [4.69, 9.17) is 18.9 Å². The second-order valence-corrected chi connectivity index (χ2v) is 10.6. The normalized spacial score (nSPS) is 27.9. The fourth-order valence-electron chi connectivity index (χ4n) is 2.29. The summed E-state index contributed by atoms with van der Waals surface area (Å²) >= 11 is 0. The molecule has 0 aromatic rings. The first-order chi connectivity index (χ1) is 13.4. The van der Waals surface area contributed by atoms with Crippen molar-refractivity contribution in [3.63, 3.8) is 0 Å². The van der Waals surface area contributed by atoms with Crippen LogP contribution in [0.5, 0.6) is 0 Å².